The number of carbonyl (C=O) groups is 1. The fourth-order valence-corrected chi connectivity index (χ4v) is 11.5. The minimum atomic E-state index is -0.277. The average molecular weight is 756 g/mol. The molecule has 2 heterocycles. The van der Waals surface area contributed by atoms with Crippen LogP contribution in [0.4, 0.5) is 0 Å². The lowest BCUT2D eigenvalue weighted by Crippen LogP contribution is -2.48. The molecule has 2 unspecified atom stereocenters. The van der Waals surface area contributed by atoms with Crippen LogP contribution in [0.2, 0.25) is 0 Å². The van der Waals surface area contributed by atoms with Crippen molar-refractivity contribution >= 4 is 5.91 Å². The number of aryl methyl sites for hydroxylation is 2. The summed E-state index contributed by atoms with van der Waals surface area (Å²) < 4.78 is 25.4. The second-order valence-corrected chi connectivity index (χ2v) is 19.0. The highest BCUT2D eigenvalue weighted by molar-refractivity contribution is 5.81. The lowest BCUT2D eigenvalue weighted by Gasteiger charge is -2.54. The molecule has 0 N–H and O–H groups in total. The van der Waals surface area contributed by atoms with Gasteiger partial charge in [-0.15, -0.1) is 0 Å². The summed E-state index contributed by atoms with van der Waals surface area (Å²) in [4.78, 5) is 15.0. The van der Waals surface area contributed by atoms with Gasteiger partial charge in [0.1, 0.15) is 5.75 Å². The number of carbonyl (C=O) groups excluding carboxylic acids is 1. The van der Waals surface area contributed by atoms with Crippen LogP contribution in [0.5, 0.6) is 5.75 Å². The van der Waals surface area contributed by atoms with Crippen LogP contribution in [-0.4, -0.2) is 56.3 Å². The Morgan fingerprint density at radius 3 is 2.35 bits per heavy atom. The smallest absolute Gasteiger partial charge is 0.227 e. The molecule has 2 aromatic rings. The van der Waals surface area contributed by atoms with Gasteiger partial charge in [0, 0.05) is 32.0 Å². The zero-order chi connectivity index (χ0) is 38.4. The van der Waals surface area contributed by atoms with E-state index in [4.69, 9.17) is 18.9 Å². The monoisotopic (exact) mass is 756 g/mol. The maximum absolute atomic E-state index is 13.0. The van der Waals surface area contributed by atoms with E-state index in [0.29, 0.717) is 29.6 Å². The molecule has 8 atom stereocenters. The fourth-order valence-electron chi connectivity index (χ4n) is 11.5. The summed E-state index contributed by atoms with van der Waals surface area (Å²) in [5.74, 6) is 3.56. The second kappa shape index (κ2) is 18.5. The van der Waals surface area contributed by atoms with Crippen LogP contribution < -0.4 is 4.74 Å². The molecule has 2 saturated heterocycles. The number of hydrogen-bond donors (Lipinski definition) is 0. The first-order valence-electron chi connectivity index (χ1n) is 22.7. The van der Waals surface area contributed by atoms with Crippen molar-refractivity contribution in [3.05, 3.63) is 64.7 Å². The highest BCUT2D eigenvalue weighted by atomic mass is 16.7. The van der Waals surface area contributed by atoms with Crippen molar-refractivity contribution < 1.29 is 23.7 Å². The highest BCUT2D eigenvalue weighted by Crippen LogP contribution is 2.66. The van der Waals surface area contributed by atoms with Gasteiger partial charge < -0.3 is 23.8 Å². The molecule has 6 heteroatoms. The lowest BCUT2D eigenvalue weighted by atomic mass is 9.51. The topological polar surface area (TPSA) is 57.2 Å². The average Bonchev–Trinajstić information content (AvgIpc) is 3.53. The summed E-state index contributed by atoms with van der Waals surface area (Å²) in [6.45, 7) is 11.5. The Balaban J connectivity index is 1.02. The molecule has 2 aliphatic heterocycles. The summed E-state index contributed by atoms with van der Waals surface area (Å²) >= 11 is 0. The molecule has 1 amide bonds. The molecule has 4 fully saturated rings. The first kappa shape index (κ1) is 40.8. The third-order valence-corrected chi connectivity index (χ3v) is 14.7. The molecule has 2 aromatic carbocycles. The number of amides is 1. The Hall–Kier alpha value is -2.41. The number of unbranched alkanes of at least 4 members (excludes halogenated alkanes) is 4. The maximum Gasteiger partial charge on any atom is 0.227 e. The van der Waals surface area contributed by atoms with Crippen molar-refractivity contribution in [2.45, 2.75) is 180 Å². The summed E-state index contributed by atoms with van der Waals surface area (Å²) in [6.07, 6.45) is 21.8. The van der Waals surface area contributed by atoms with Gasteiger partial charge >= 0.3 is 0 Å². The van der Waals surface area contributed by atoms with Gasteiger partial charge in [0.2, 0.25) is 5.91 Å². The lowest BCUT2D eigenvalue weighted by molar-refractivity contribution is -0.213. The standard InChI is InChI=1S/C49H73NO5/c1-6-7-30-50(5)47(51)48(2,3)29-13-9-8-10-16-35-19-21-36(22-20-35)41-34-49(4)42(27-28-43(49)55-45-18-12-15-32-53-45)40-25-23-37-33-38(24-26-39(37)46(40)41)54-44-17-11-14-31-52-44/h19-22,24,26,33,40-46H,6-18,23,25,27-32,34H2,1-5H3/t40-,41+,42-,43-,44?,45?,46+,49-/m0/s1. The molecule has 0 aromatic heterocycles. The largest absolute Gasteiger partial charge is 0.465 e. The Bertz CT molecular complexity index is 1530. The summed E-state index contributed by atoms with van der Waals surface area (Å²) in [7, 11) is 1.97. The molecule has 6 nitrogen and oxygen atoms in total. The van der Waals surface area contributed by atoms with E-state index in [-0.39, 0.29) is 29.5 Å². The number of hydrogen-bond acceptors (Lipinski definition) is 5. The highest BCUT2D eigenvalue weighted by Gasteiger charge is 2.59. The summed E-state index contributed by atoms with van der Waals surface area (Å²) in [6, 6.07) is 16.8. The van der Waals surface area contributed by atoms with Gasteiger partial charge in [-0.1, -0.05) is 83.7 Å². The van der Waals surface area contributed by atoms with Crippen LogP contribution in [0, 0.1) is 22.7 Å². The van der Waals surface area contributed by atoms with Crippen LogP contribution in [0.25, 0.3) is 0 Å². The maximum atomic E-state index is 13.0. The van der Waals surface area contributed by atoms with Gasteiger partial charge in [-0.05, 0) is 153 Å². The van der Waals surface area contributed by atoms with E-state index in [0.717, 1.165) is 103 Å². The van der Waals surface area contributed by atoms with Crippen molar-refractivity contribution in [1.82, 2.24) is 4.90 Å². The molecule has 7 rings (SSSR count). The third kappa shape index (κ3) is 9.50. The minimum absolute atomic E-state index is 0.0327. The quantitative estimate of drug-likeness (QED) is 0.160. The van der Waals surface area contributed by atoms with E-state index in [2.05, 4.69) is 70.2 Å². The molecule has 0 radical (unpaired) electrons. The SMILES string of the molecule is CCCCN(C)C(=O)C(C)(C)CCCCCCc1ccc([C@H]2C[C@]3(C)[C@@H](OC4CCCCO4)CC[C@H]3[C@@H]3CCc4cc(OC5CCCCO5)ccc4[C@H]32)cc1. The molecular weight excluding hydrogens is 683 g/mol. The Labute approximate surface area is 333 Å². The van der Waals surface area contributed by atoms with Crippen LogP contribution in [0.3, 0.4) is 0 Å². The van der Waals surface area contributed by atoms with E-state index < -0.39 is 0 Å². The Morgan fingerprint density at radius 2 is 1.62 bits per heavy atom. The van der Waals surface area contributed by atoms with Crippen molar-refractivity contribution in [1.29, 1.82) is 0 Å². The van der Waals surface area contributed by atoms with Crippen LogP contribution in [0.1, 0.15) is 171 Å². The molecular formula is C49H73NO5. The van der Waals surface area contributed by atoms with E-state index in [9.17, 15) is 4.79 Å². The van der Waals surface area contributed by atoms with Crippen LogP contribution in [0.15, 0.2) is 42.5 Å². The van der Waals surface area contributed by atoms with Crippen LogP contribution in [-0.2, 0) is 31.8 Å². The first-order valence-corrected chi connectivity index (χ1v) is 22.7. The van der Waals surface area contributed by atoms with E-state index in [1.54, 1.807) is 5.56 Å². The van der Waals surface area contributed by atoms with Crippen molar-refractivity contribution in [2.24, 2.45) is 22.7 Å². The normalized spacial score (nSPS) is 30.6. The first-order chi connectivity index (χ1) is 26.7. The molecule has 0 bridgehead atoms. The van der Waals surface area contributed by atoms with Crippen molar-refractivity contribution in [2.75, 3.05) is 26.8 Å². The molecule has 5 aliphatic rings. The fraction of sp³-hybridized carbons (Fsp3) is 0.735. The van der Waals surface area contributed by atoms with E-state index >= 15 is 0 Å². The van der Waals surface area contributed by atoms with Gasteiger partial charge in [-0.2, -0.15) is 0 Å². The van der Waals surface area contributed by atoms with Gasteiger partial charge in [-0.3, -0.25) is 4.79 Å². The van der Waals surface area contributed by atoms with Gasteiger partial charge in [0.05, 0.1) is 12.7 Å². The molecule has 0 spiro atoms. The van der Waals surface area contributed by atoms with Gasteiger partial charge in [0.25, 0.3) is 0 Å². The van der Waals surface area contributed by atoms with Crippen LogP contribution >= 0.6 is 0 Å². The summed E-state index contributed by atoms with van der Waals surface area (Å²) in [5.41, 5.74) is 5.85. The second-order valence-electron chi connectivity index (χ2n) is 19.0. The number of benzene rings is 2. The Morgan fingerprint density at radius 1 is 0.873 bits per heavy atom. The number of nitrogens with zero attached hydrogens (tertiary/aromatic N) is 1. The molecule has 2 saturated carbocycles. The van der Waals surface area contributed by atoms with E-state index in [1.165, 1.54) is 61.6 Å². The minimum Gasteiger partial charge on any atom is -0.465 e. The zero-order valence-corrected chi connectivity index (χ0v) is 35.1. The summed E-state index contributed by atoms with van der Waals surface area (Å²) in [5, 5.41) is 0. The molecule has 55 heavy (non-hydrogen) atoms. The number of fused-ring (bicyclic) bond motifs is 5. The van der Waals surface area contributed by atoms with Gasteiger partial charge in [-0.25, -0.2) is 0 Å². The predicted molar refractivity (Wildman–Crippen MR) is 221 cm³/mol. The van der Waals surface area contributed by atoms with E-state index in [1.807, 2.05) is 11.9 Å². The zero-order valence-electron chi connectivity index (χ0n) is 35.1. The van der Waals surface area contributed by atoms with Crippen molar-refractivity contribution in [3.63, 3.8) is 0 Å². The van der Waals surface area contributed by atoms with Gasteiger partial charge in [0.15, 0.2) is 12.6 Å². The molecule has 3 aliphatic carbocycles. The van der Waals surface area contributed by atoms with Crippen molar-refractivity contribution in [3.8, 4) is 5.75 Å². The predicted octanol–water partition coefficient (Wildman–Crippen LogP) is 11.5. The number of ether oxygens (including phenoxy) is 4. The molecule has 304 valence electrons. The number of rotatable bonds is 16. The Kier molecular flexibility index (Phi) is 13.7. The third-order valence-electron chi connectivity index (χ3n) is 14.7.